The largest absolute Gasteiger partial charge is 0.465 e. The molecule has 226 valence electrons. The zero-order valence-corrected chi connectivity index (χ0v) is 26.5. The summed E-state index contributed by atoms with van der Waals surface area (Å²) >= 11 is 0. The Bertz CT molecular complexity index is 543. The molecule has 0 bridgehead atoms. The van der Waals surface area contributed by atoms with Crippen molar-refractivity contribution in [2.45, 2.75) is 170 Å². The van der Waals surface area contributed by atoms with Crippen LogP contribution in [0.5, 0.6) is 0 Å². The smallest absolute Gasteiger partial charge is 0.309 e. The summed E-state index contributed by atoms with van der Waals surface area (Å²) in [5, 5.41) is 0. The third-order valence-electron chi connectivity index (χ3n) is 7.67. The van der Waals surface area contributed by atoms with E-state index in [1.165, 1.54) is 57.8 Å². The fourth-order valence-corrected chi connectivity index (χ4v) is 5.12. The van der Waals surface area contributed by atoms with Gasteiger partial charge in [0.2, 0.25) is 0 Å². The number of hydrogen-bond donors (Lipinski definition) is 0. The van der Waals surface area contributed by atoms with Crippen molar-refractivity contribution in [1.82, 2.24) is 0 Å². The standard InChI is InChI=1S/C34H66O4/c1-7-9-11-13-14-20-26-32(34(36)38-28-22-16-18-24-30(5)6)31(25-19-12-10-8-2)33(35)37-27-21-15-17-23-29(3)4/h29-32H,7-28H2,1-6H3. The van der Waals surface area contributed by atoms with Crippen LogP contribution >= 0.6 is 0 Å². The molecular weight excluding hydrogens is 472 g/mol. The molecule has 2 unspecified atom stereocenters. The van der Waals surface area contributed by atoms with Crippen molar-refractivity contribution in [3.05, 3.63) is 0 Å². The predicted molar refractivity (Wildman–Crippen MR) is 162 cm³/mol. The normalized spacial score (nSPS) is 13.2. The highest BCUT2D eigenvalue weighted by Crippen LogP contribution is 2.28. The van der Waals surface area contributed by atoms with Crippen LogP contribution in [-0.2, 0) is 19.1 Å². The van der Waals surface area contributed by atoms with Crippen LogP contribution in [0.3, 0.4) is 0 Å². The minimum atomic E-state index is -0.369. The Labute approximate surface area is 237 Å². The highest BCUT2D eigenvalue weighted by Gasteiger charge is 2.35. The average Bonchev–Trinajstić information content (AvgIpc) is 2.87. The maximum atomic E-state index is 13.3. The second-order valence-electron chi connectivity index (χ2n) is 12.4. The maximum Gasteiger partial charge on any atom is 0.309 e. The number of hydrogen-bond acceptors (Lipinski definition) is 4. The number of carbonyl (C=O) groups is 2. The Kier molecular flexibility index (Phi) is 25.4. The van der Waals surface area contributed by atoms with Crippen molar-refractivity contribution in [2.75, 3.05) is 13.2 Å². The number of carbonyl (C=O) groups excluding carboxylic acids is 2. The molecule has 4 heteroatoms. The topological polar surface area (TPSA) is 52.6 Å². The predicted octanol–water partition coefficient (Wildman–Crippen LogP) is 10.5. The summed E-state index contributed by atoms with van der Waals surface area (Å²) in [6.07, 6.45) is 21.7. The van der Waals surface area contributed by atoms with Gasteiger partial charge in [0.25, 0.3) is 0 Å². The Morgan fingerprint density at radius 3 is 1.16 bits per heavy atom. The van der Waals surface area contributed by atoms with E-state index >= 15 is 0 Å². The summed E-state index contributed by atoms with van der Waals surface area (Å²) in [5.74, 6) is 0.355. The summed E-state index contributed by atoms with van der Waals surface area (Å²) in [7, 11) is 0. The van der Waals surface area contributed by atoms with E-state index in [0.29, 0.717) is 25.0 Å². The van der Waals surface area contributed by atoms with E-state index in [4.69, 9.17) is 9.47 Å². The molecule has 0 saturated carbocycles. The van der Waals surface area contributed by atoms with E-state index in [9.17, 15) is 9.59 Å². The van der Waals surface area contributed by atoms with Crippen LogP contribution in [0.1, 0.15) is 170 Å². The number of rotatable bonds is 27. The molecule has 0 aliphatic rings. The van der Waals surface area contributed by atoms with E-state index in [1.807, 2.05) is 0 Å². The quantitative estimate of drug-likeness (QED) is 0.0771. The summed E-state index contributed by atoms with van der Waals surface area (Å²) in [6, 6.07) is 0. The molecule has 0 aromatic rings. The number of ether oxygens (including phenoxy) is 2. The van der Waals surface area contributed by atoms with Gasteiger partial charge in [0.05, 0.1) is 25.0 Å². The van der Waals surface area contributed by atoms with Crippen molar-refractivity contribution in [3.8, 4) is 0 Å². The molecule has 0 radical (unpaired) electrons. The van der Waals surface area contributed by atoms with Crippen LogP contribution in [-0.4, -0.2) is 25.2 Å². The van der Waals surface area contributed by atoms with Crippen molar-refractivity contribution in [1.29, 1.82) is 0 Å². The van der Waals surface area contributed by atoms with Crippen molar-refractivity contribution in [2.24, 2.45) is 23.7 Å². The van der Waals surface area contributed by atoms with Crippen LogP contribution in [0, 0.1) is 23.7 Å². The highest BCUT2D eigenvalue weighted by atomic mass is 16.5. The molecule has 0 fully saturated rings. The summed E-state index contributed by atoms with van der Waals surface area (Å²) in [5.41, 5.74) is 0. The van der Waals surface area contributed by atoms with Crippen LogP contribution in [0.2, 0.25) is 0 Å². The Morgan fingerprint density at radius 2 is 0.763 bits per heavy atom. The van der Waals surface area contributed by atoms with Gasteiger partial charge in [0, 0.05) is 0 Å². The summed E-state index contributed by atoms with van der Waals surface area (Å²) < 4.78 is 11.6. The van der Waals surface area contributed by atoms with Gasteiger partial charge in [-0.1, -0.05) is 144 Å². The molecular formula is C34H66O4. The van der Waals surface area contributed by atoms with Crippen molar-refractivity contribution < 1.29 is 19.1 Å². The Morgan fingerprint density at radius 1 is 0.447 bits per heavy atom. The molecule has 0 aromatic heterocycles. The monoisotopic (exact) mass is 538 g/mol. The van der Waals surface area contributed by atoms with Gasteiger partial charge in [-0.15, -0.1) is 0 Å². The second kappa shape index (κ2) is 26.2. The lowest BCUT2D eigenvalue weighted by Crippen LogP contribution is -2.33. The minimum Gasteiger partial charge on any atom is -0.465 e. The first-order valence-electron chi connectivity index (χ1n) is 16.7. The molecule has 0 aliphatic carbocycles. The number of esters is 2. The molecule has 38 heavy (non-hydrogen) atoms. The second-order valence-corrected chi connectivity index (χ2v) is 12.4. The molecule has 0 aromatic carbocycles. The van der Waals surface area contributed by atoms with Gasteiger partial charge < -0.3 is 9.47 Å². The summed E-state index contributed by atoms with van der Waals surface area (Å²) in [4.78, 5) is 26.7. The van der Waals surface area contributed by atoms with Gasteiger partial charge in [-0.05, 0) is 37.5 Å². The van der Waals surface area contributed by atoms with Crippen molar-refractivity contribution in [3.63, 3.8) is 0 Å². The molecule has 2 atom stereocenters. The van der Waals surface area contributed by atoms with Crippen LogP contribution in [0.15, 0.2) is 0 Å². The Hall–Kier alpha value is -1.06. The summed E-state index contributed by atoms with van der Waals surface area (Å²) in [6.45, 7) is 14.4. The molecule has 4 nitrogen and oxygen atoms in total. The molecule has 0 N–H and O–H groups in total. The van der Waals surface area contributed by atoms with Gasteiger partial charge in [0.1, 0.15) is 0 Å². The van der Waals surface area contributed by atoms with Crippen molar-refractivity contribution >= 4 is 11.9 Å². The molecule has 0 spiro atoms. The van der Waals surface area contributed by atoms with Crippen LogP contribution in [0.25, 0.3) is 0 Å². The average molecular weight is 539 g/mol. The minimum absolute atomic E-state index is 0.170. The third kappa shape index (κ3) is 21.8. The lowest BCUT2D eigenvalue weighted by Gasteiger charge is -2.25. The van der Waals surface area contributed by atoms with Crippen LogP contribution in [0.4, 0.5) is 0 Å². The van der Waals surface area contributed by atoms with E-state index in [1.54, 1.807) is 0 Å². The molecule has 0 rings (SSSR count). The van der Waals surface area contributed by atoms with Gasteiger partial charge >= 0.3 is 11.9 Å². The lowest BCUT2D eigenvalue weighted by molar-refractivity contribution is -0.161. The first-order valence-corrected chi connectivity index (χ1v) is 16.7. The molecule has 0 amide bonds. The van der Waals surface area contributed by atoms with Gasteiger partial charge in [-0.3, -0.25) is 9.59 Å². The van der Waals surface area contributed by atoms with Gasteiger partial charge in [-0.2, -0.15) is 0 Å². The zero-order valence-electron chi connectivity index (χ0n) is 26.5. The lowest BCUT2D eigenvalue weighted by atomic mass is 9.83. The molecule has 0 heterocycles. The molecule has 0 saturated heterocycles. The van der Waals surface area contributed by atoms with Crippen LogP contribution < -0.4 is 0 Å². The Balaban J connectivity index is 5.08. The zero-order chi connectivity index (χ0) is 28.4. The fraction of sp³-hybridized carbons (Fsp3) is 0.941. The van der Waals surface area contributed by atoms with Gasteiger partial charge in [0.15, 0.2) is 0 Å². The highest BCUT2D eigenvalue weighted by molar-refractivity contribution is 5.82. The first-order chi connectivity index (χ1) is 18.3. The third-order valence-corrected chi connectivity index (χ3v) is 7.67. The maximum absolute atomic E-state index is 13.3. The van der Waals surface area contributed by atoms with E-state index in [2.05, 4.69) is 41.5 Å². The van der Waals surface area contributed by atoms with E-state index < -0.39 is 0 Å². The first kappa shape index (κ1) is 36.9. The fourth-order valence-electron chi connectivity index (χ4n) is 5.12. The van der Waals surface area contributed by atoms with E-state index in [-0.39, 0.29) is 23.8 Å². The van der Waals surface area contributed by atoms with E-state index in [0.717, 1.165) is 70.6 Å². The molecule has 0 aliphatic heterocycles. The number of unbranched alkanes of at least 4 members (excludes halogenated alkanes) is 12. The SMILES string of the molecule is CCCCCCCCC(C(=O)OCCCCCC(C)C)C(CCCCCC)C(=O)OCCCCCC(C)C. The van der Waals surface area contributed by atoms with Gasteiger partial charge in [-0.25, -0.2) is 0 Å².